The second-order valence-corrected chi connectivity index (χ2v) is 8.27. The zero-order chi connectivity index (χ0) is 22.8. The van der Waals surface area contributed by atoms with Crippen molar-refractivity contribution in [1.82, 2.24) is 15.3 Å². The molecule has 4 aromatic rings. The lowest BCUT2D eigenvalue weighted by molar-refractivity contribution is -0.125. The van der Waals surface area contributed by atoms with E-state index in [0.29, 0.717) is 28.7 Å². The average molecular weight is 461 g/mol. The van der Waals surface area contributed by atoms with Crippen LogP contribution in [0.25, 0.3) is 11.0 Å². The Labute approximate surface area is 195 Å². The highest BCUT2D eigenvalue weighted by atomic mass is 35.5. The molecular weight excluding hydrogens is 440 g/mol. The first kappa shape index (κ1) is 21.0. The molecule has 2 amide bonds. The van der Waals surface area contributed by atoms with Crippen molar-refractivity contribution in [3.63, 3.8) is 0 Å². The molecule has 7 nitrogen and oxygen atoms in total. The highest BCUT2D eigenvalue weighted by Crippen LogP contribution is 2.34. The molecule has 33 heavy (non-hydrogen) atoms. The van der Waals surface area contributed by atoms with E-state index >= 15 is 0 Å². The van der Waals surface area contributed by atoms with Crippen molar-refractivity contribution in [1.29, 1.82) is 0 Å². The van der Waals surface area contributed by atoms with Crippen molar-refractivity contribution in [3.8, 4) is 5.75 Å². The van der Waals surface area contributed by atoms with E-state index in [2.05, 4.69) is 15.3 Å². The van der Waals surface area contributed by atoms with Gasteiger partial charge in [0.2, 0.25) is 5.91 Å². The molecule has 5 rings (SSSR count). The molecule has 0 bridgehead atoms. The van der Waals surface area contributed by atoms with E-state index in [9.17, 15) is 9.59 Å². The van der Waals surface area contributed by atoms with Crippen LogP contribution >= 0.6 is 11.6 Å². The SMILES string of the molecule is O=C(CN1C(=O)COc2ccc(Cl)cc21)NC(Cc1ccccc1)c1nc2ccccc2[nH]1. The molecule has 0 aliphatic carbocycles. The molecule has 8 heteroatoms. The Morgan fingerprint density at radius 3 is 2.73 bits per heavy atom. The number of H-pyrrole nitrogens is 1. The molecule has 0 saturated heterocycles. The fraction of sp³-hybridized carbons (Fsp3) is 0.160. The minimum atomic E-state index is -0.401. The van der Waals surface area contributed by atoms with E-state index in [1.54, 1.807) is 18.2 Å². The maximum Gasteiger partial charge on any atom is 0.265 e. The van der Waals surface area contributed by atoms with Gasteiger partial charge in [0.05, 0.1) is 22.8 Å². The lowest BCUT2D eigenvalue weighted by atomic mass is 10.1. The van der Waals surface area contributed by atoms with Gasteiger partial charge < -0.3 is 15.0 Å². The van der Waals surface area contributed by atoms with E-state index in [-0.39, 0.29) is 25.0 Å². The number of carbonyl (C=O) groups excluding carboxylic acids is 2. The molecule has 1 aliphatic rings. The van der Waals surface area contributed by atoms with E-state index in [1.807, 2.05) is 54.6 Å². The summed E-state index contributed by atoms with van der Waals surface area (Å²) < 4.78 is 5.47. The van der Waals surface area contributed by atoms with Gasteiger partial charge in [0.25, 0.3) is 5.91 Å². The van der Waals surface area contributed by atoms with Gasteiger partial charge >= 0.3 is 0 Å². The largest absolute Gasteiger partial charge is 0.482 e. The van der Waals surface area contributed by atoms with Gasteiger partial charge in [-0.25, -0.2) is 4.98 Å². The minimum absolute atomic E-state index is 0.126. The molecule has 1 unspecified atom stereocenters. The molecule has 0 radical (unpaired) electrons. The van der Waals surface area contributed by atoms with E-state index in [0.717, 1.165) is 16.6 Å². The second kappa shape index (κ2) is 8.96. The molecule has 2 N–H and O–H groups in total. The van der Waals surface area contributed by atoms with Crippen LogP contribution in [0.2, 0.25) is 5.02 Å². The minimum Gasteiger partial charge on any atom is -0.482 e. The summed E-state index contributed by atoms with van der Waals surface area (Å²) in [5.74, 6) is 0.566. The summed E-state index contributed by atoms with van der Waals surface area (Å²) in [6.07, 6.45) is 0.547. The summed E-state index contributed by atoms with van der Waals surface area (Å²) in [5.41, 5.74) is 3.26. The first-order chi connectivity index (χ1) is 16.1. The molecule has 2 heterocycles. The summed E-state index contributed by atoms with van der Waals surface area (Å²) >= 11 is 6.11. The zero-order valence-electron chi connectivity index (χ0n) is 17.6. The third-order valence-electron chi connectivity index (χ3n) is 5.52. The Balaban J connectivity index is 1.40. The highest BCUT2D eigenvalue weighted by molar-refractivity contribution is 6.31. The number of aromatic amines is 1. The number of hydrogen-bond donors (Lipinski definition) is 2. The zero-order valence-corrected chi connectivity index (χ0v) is 18.4. The predicted molar refractivity (Wildman–Crippen MR) is 126 cm³/mol. The number of nitrogens with one attached hydrogen (secondary N) is 2. The fourth-order valence-corrected chi connectivity index (χ4v) is 4.10. The van der Waals surface area contributed by atoms with Crippen LogP contribution in [-0.2, 0) is 16.0 Å². The van der Waals surface area contributed by atoms with Crippen LogP contribution in [0.15, 0.2) is 72.8 Å². The van der Waals surface area contributed by atoms with Gasteiger partial charge in [0.1, 0.15) is 18.1 Å². The fourth-order valence-electron chi connectivity index (χ4n) is 3.94. The lowest BCUT2D eigenvalue weighted by Gasteiger charge is -2.29. The third-order valence-corrected chi connectivity index (χ3v) is 5.76. The van der Waals surface area contributed by atoms with Gasteiger partial charge in [-0.2, -0.15) is 0 Å². The summed E-state index contributed by atoms with van der Waals surface area (Å²) in [5, 5.41) is 3.52. The van der Waals surface area contributed by atoms with Crippen LogP contribution in [0.1, 0.15) is 17.4 Å². The van der Waals surface area contributed by atoms with E-state index in [1.165, 1.54) is 4.90 Å². The maximum atomic E-state index is 13.1. The van der Waals surface area contributed by atoms with E-state index in [4.69, 9.17) is 16.3 Å². The summed E-state index contributed by atoms with van der Waals surface area (Å²) in [6, 6.07) is 22.2. The Morgan fingerprint density at radius 2 is 1.91 bits per heavy atom. The van der Waals surface area contributed by atoms with Gasteiger partial charge in [0, 0.05) is 5.02 Å². The van der Waals surface area contributed by atoms with Crippen LogP contribution in [0.4, 0.5) is 5.69 Å². The van der Waals surface area contributed by atoms with Gasteiger partial charge in [-0.05, 0) is 42.3 Å². The first-order valence-electron chi connectivity index (χ1n) is 10.6. The smallest absolute Gasteiger partial charge is 0.265 e. The Kier molecular flexibility index (Phi) is 5.71. The Hall–Kier alpha value is -3.84. The van der Waals surface area contributed by atoms with Crippen molar-refractivity contribution >= 4 is 40.1 Å². The molecule has 1 aliphatic heterocycles. The number of para-hydroxylation sites is 2. The number of fused-ring (bicyclic) bond motifs is 2. The van der Waals surface area contributed by atoms with Crippen LogP contribution in [0.3, 0.4) is 0 Å². The highest BCUT2D eigenvalue weighted by Gasteiger charge is 2.29. The number of rotatable bonds is 6. The van der Waals surface area contributed by atoms with Gasteiger partial charge in [-0.1, -0.05) is 54.1 Å². The standard InChI is InChI=1S/C25H21ClN4O3/c26-17-10-11-22-21(13-17)30(24(32)15-33-22)14-23(31)27-20(12-16-6-2-1-3-7-16)25-28-18-8-4-5-9-19(18)29-25/h1-11,13,20H,12,14-15H2,(H,27,31)(H,28,29). The summed E-state index contributed by atoms with van der Waals surface area (Å²) in [4.78, 5) is 35.0. The number of carbonyl (C=O) groups is 2. The third kappa shape index (κ3) is 4.54. The van der Waals surface area contributed by atoms with Crippen LogP contribution in [-0.4, -0.2) is 34.9 Å². The second-order valence-electron chi connectivity index (χ2n) is 7.83. The number of hydrogen-bond acceptors (Lipinski definition) is 4. The quantitative estimate of drug-likeness (QED) is 0.454. The molecule has 0 saturated carbocycles. The Morgan fingerprint density at radius 1 is 1.12 bits per heavy atom. The van der Waals surface area contributed by atoms with E-state index < -0.39 is 6.04 Å². The lowest BCUT2D eigenvalue weighted by Crippen LogP contribution is -2.46. The van der Waals surface area contributed by atoms with Gasteiger partial charge in [-0.15, -0.1) is 0 Å². The van der Waals surface area contributed by atoms with Crippen molar-refractivity contribution in [2.75, 3.05) is 18.1 Å². The molecule has 166 valence electrons. The first-order valence-corrected chi connectivity index (χ1v) is 11.0. The number of nitrogens with zero attached hydrogens (tertiary/aromatic N) is 2. The monoisotopic (exact) mass is 460 g/mol. The van der Waals surface area contributed by atoms with Crippen molar-refractivity contribution < 1.29 is 14.3 Å². The molecule has 0 fully saturated rings. The van der Waals surface area contributed by atoms with Crippen LogP contribution in [0.5, 0.6) is 5.75 Å². The summed E-state index contributed by atoms with van der Waals surface area (Å²) in [6.45, 7) is -0.278. The van der Waals surface area contributed by atoms with Crippen LogP contribution < -0.4 is 15.0 Å². The van der Waals surface area contributed by atoms with Crippen molar-refractivity contribution in [3.05, 3.63) is 89.2 Å². The number of halogens is 1. The molecular formula is C25H21ClN4O3. The molecule has 0 spiro atoms. The summed E-state index contributed by atoms with van der Waals surface area (Å²) in [7, 11) is 0. The normalized spacial score (nSPS) is 14.0. The predicted octanol–water partition coefficient (Wildman–Crippen LogP) is 4.04. The van der Waals surface area contributed by atoms with Crippen molar-refractivity contribution in [2.24, 2.45) is 0 Å². The maximum absolute atomic E-state index is 13.1. The number of ether oxygens (including phenoxy) is 1. The number of anilines is 1. The number of aromatic nitrogens is 2. The number of imidazole rings is 1. The number of benzene rings is 3. The molecule has 1 aromatic heterocycles. The van der Waals surface area contributed by atoms with Gasteiger partial charge in [0.15, 0.2) is 6.61 Å². The van der Waals surface area contributed by atoms with Crippen LogP contribution in [0, 0.1) is 0 Å². The number of amides is 2. The van der Waals surface area contributed by atoms with Crippen molar-refractivity contribution in [2.45, 2.75) is 12.5 Å². The molecule has 3 aromatic carbocycles. The van der Waals surface area contributed by atoms with Gasteiger partial charge in [-0.3, -0.25) is 14.5 Å². The topological polar surface area (TPSA) is 87.3 Å². The molecule has 1 atom stereocenters. The Bertz CT molecular complexity index is 1290. The average Bonchev–Trinajstić information content (AvgIpc) is 3.26.